The Labute approximate surface area is 103 Å². The lowest BCUT2D eigenvalue weighted by Crippen LogP contribution is -2.33. The van der Waals surface area contributed by atoms with Crippen LogP contribution in [0, 0.1) is 6.92 Å². The first-order chi connectivity index (χ1) is 8.20. The largest absolute Gasteiger partial charge is 0.387 e. The molecule has 92 valence electrons. The normalized spacial score (nSPS) is 15.9. The van der Waals surface area contributed by atoms with Crippen molar-refractivity contribution in [2.24, 2.45) is 0 Å². The summed E-state index contributed by atoms with van der Waals surface area (Å²) in [6.07, 6.45) is 4.70. The van der Waals surface area contributed by atoms with Gasteiger partial charge >= 0.3 is 0 Å². The van der Waals surface area contributed by atoms with Gasteiger partial charge in [-0.2, -0.15) is 0 Å². The highest BCUT2D eigenvalue weighted by atomic mass is 16.1. The van der Waals surface area contributed by atoms with Crippen LogP contribution in [0.15, 0.2) is 18.2 Å². The standard InChI is InChI=1S/C14H20N2O/c1-10-7-8-13(15-2)12(9-10)14(17)16-11-5-3-4-6-11/h7-9,11,15H,3-6H2,1-2H3,(H,16,17). The Kier molecular flexibility index (Phi) is 3.67. The van der Waals surface area contributed by atoms with E-state index in [2.05, 4.69) is 10.6 Å². The molecule has 1 amide bonds. The van der Waals surface area contributed by atoms with Gasteiger partial charge in [0.1, 0.15) is 0 Å². The van der Waals surface area contributed by atoms with Crippen LogP contribution in [0.1, 0.15) is 41.6 Å². The summed E-state index contributed by atoms with van der Waals surface area (Å²) in [7, 11) is 1.84. The van der Waals surface area contributed by atoms with Gasteiger partial charge in [0.05, 0.1) is 5.56 Å². The second-order valence-corrected chi connectivity index (χ2v) is 4.75. The Morgan fingerprint density at radius 2 is 2.00 bits per heavy atom. The van der Waals surface area contributed by atoms with Crippen molar-refractivity contribution in [3.05, 3.63) is 29.3 Å². The molecule has 1 fully saturated rings. The van der Waals surface area contributed by atoms with Crippen molar-refractivity contribution in [1.29, 1.82) is 0 Å². The summed E-state index contributed by atoms with van der Waals surface area (Å²) in [5.74, 6) is 0.0463. The zero-order valence-corrected chi connectivity index (χ0v) is 10.5. The SMILES string of the molecule is CNc1ccc(C)cc1C(=O)NC1CCCC1. The first-order valence-corrected chi connectivity index (χ1v) is 6.30. The van der Waals surface area contributed by atoms with Crippen molar-refractivity contribution in [2.45, 2.75) is 38.6 Å². The van der Waals surface area contributed by atoms with Crippen molar-refractivity contribution < 1.29 is 4.79 Å². The average Bonchev–Trinajstić information content (AvgIpc) is 2.81. The molecule has 1 saturated carbocycles. The van der Waals surface area contributed by atoms with Gasteiger partial charge in [-0.15, -0.1) is 0 Å². The fourth-order valence-corrected chi connectivity index (χ4v) is 2.40. The molecule has 0 atom stereocenters. The summed E-state index contributed by atoms with van der Waals surface area (Å²) < 4.78 is 0. The highest BCUT2D eigenvalue weighted by Gasteiger charge is 2.19. The number of benzene rings is 1. The number of hydrogen-bond donors (Lipinski definition) is 2. The van der Waals surface area contributed by atoms with Crippen LogP contribution in [0.4, 0.5) is 5.69 Å². The maximum Gasteiger partial charge on any atom is 0.253 e. The molecule has 17 heavy (non-hydrogen) atoms. The van der Waals surface area contributed by atoms with Crippen LogP contribution < -0.4 is 10.6 Å². The van der Waals surface area contributed by atoms with Gasteiger partial charge in [-0.05, 0) is 31.9 Å². The molecule has 1 aliphatic carbocycles. The first kappa shape index (κ1) is 12.0. The van der Waals surface area contributed by atoms with E-state index in [1.807, 2.05) is 32.2 Å². The van der Waals surface area contributed by atoms with E-state index in [4.69, 9.17) is 0 Å². The molecule has 3 nitrogen and oxygen atoms in total. The number of carbonyl (C=O) groups is 1. The Morgan fingerprint density at radius 3 is 2.65 bits per heavy atom. The van der Waals surface area contributed by atoms with E-state index in [-0.39, 0.29) is 5.91 Å². The molecular formula is C14H20N2O. The number of aryl methyl sites for hydroxylation is 1. The number of amides is 1. The van der Waals surface area contributed by atoms with E-state index in [0.717, 1.165) is 29.7 Å². The topological polar surface area (TPSA) is 41.1 Å². The van der Waals surface area contributed by atoms with E-state index in [1.54, 1.807) is 0 Å². The van der Waals surface area contributed by atoms with Crippen LogP contribution in [0.2, 0.25) is 0 Å². The van der Waals surface area contributed by atoms with Crippen LogP contribution in [-0.4, -0.2) is 19.0 Å². The third kappa shape index (κ3) is 2.78. The van der Waals surface area contributed by atoms with Crippen molar-refractivity contribution in [2.75, 3.05) is 12.4 Å². The maximum absolute atomic E-state index is 12.2. The number of nitrogens with one attached hydrogen (secondary N) is 2. The minimum absolute atomic E-state index is 0.0463. The molecule has 0 unspecified atom stereocenters. The second-order valence-electron chi connectivity index (χ2n) is 4.75. The fraction of sp³-hybridized carbons (Fsp3) is 0.500. The van der Waals surface area contributed by atoms with Crippen LogP contribution in [-0.2, 0) is 0 Å². The lowest BCUT2D eigenvalue weighted by Gasteiger charge is -2.14. The molecule has 1 aromatic carbocycles. The third-order valence-electron chi connectivity index (χ3n) is 3.38. The lowest BCUT2D eigenvalue weighted by atomic mass is 10.1. The van der Waals surface area contributed by atoms with E-state index >= 15 is 0 Å². The van der Waals surface area contributed by atoms with Crippen LogP contribution in [0.25, 0.3) is 0 Å². The number of carbonyl (C=O) groups excluding carboxylic acids is 1. The predicted molar refractivity (Wildman–Crippen MR) is 70.4 cm³/mol. The minimum atomic E-state index is 0.0463. The Morgan fingerprint density at radius 1 is 1.29 bits per heavy atom. The van der Waals surface area contributed by atoms with Gasteiger partial charge < -0.3 is 10.6 Å². The van der Waals surface area contributed by atoms with Gasteiger partial charge in [0.2, 0.25) is 0 Å². The third-order valence-corrected chi connectivity index (χ3v) is 3.38. The monoisotopic (exact) mass is 232 g/mol. The van der Waals surface area contributed by atoms with Gasteiger partial charge in [0, 0.05) is 18.8 Å². The Balaban J connectivity index is 2.14. The number of rotatable bonds is 3. The van der Waals surface area contributed by atoms with Gasteiger partial charge in [-0.3, -0.25) is 4.79 Å². The average molecular weight is 232 g/mol. The summed E-state index contributed by atoms with van der Waals surface area (Å²) in [6.45, 7) is 2.01. The van der Waals surface area contributed by atoms with E-state index < -0.39 is 0 Å². The molecule has 0 radical (unpaired) electrons. The van der Waals surface area contributed by atoms with Gasteiger partial charge in [0.25, 0.3) is 5.91 Å². The van der Waals surface area contributed by atoms with Crippen molar-refractivity contribution in [1.82, 2.24) is 5.32 Å². The van der Waals surface area contributed by atoms with Crippen molar-refractivity contribution >= 4 is 11.6 Å². The summed E-state index contributed by atoms with van der Waals surface area (Å²) in [5.41, 5.74) is 2.76. The second kappa shape index (κ2) is 5.21. The van der Waals surface area contributed by atoms with Crippen LogP contribution in [0.3, 0.4) is 0 Å². The van der Waals surface area contributed by atoms with Crippen molar-refractivity contribution in [3.63, 3.8) is 0 Å². The van der Waals surface area contributed by atoms with E-state index in [0.29, 0.717) is 6.04 Å². The molecule has 0 aliphatic heterocycles. The summed E-state index contributed by atoms with van der Waals surface area (Å²) in [5, 5.41) is 6.19. The molecule has 2 rings (SSSR count). The zero-order chi connectivity index (χ0) is 12.3. The fourth-order valence-electron chi connectivity index (χ4n) is 2.40. The van der Waals surface area contributed by atoms with Crippen molar-refractivity contribution in [3.8, 4) is 0 Å². The summed E-state index contributed by atoms with van der Waals surface area (Å²) >= 11 is 0. The van der Waals surface area contributed by atoms with Crippen LogP contribution >= 0.6 is 0 Å². The number of hydrogen-bond acceptors (Lipinski definition) is 2. The molecule has 0 heterocycles. The maximum atomic E-state index is 12.2. The van der Waals surface area contributed by atoms with E-state index in [9.17, 15) is 4.79 Å². The minimum Gasteiger partial charge on any atom is -0.387 e. The molecule has 0 aromatic heterocycles. The highest BCUT2D eigenvalue weighted by molar-refractivity contribution is 6.00. The Bertz CT molecular complexity index is 409. The highest BCUT2D eigenvalue weighted by Crippen LogP contribution is 2.20. The molecular weight excluding hydrogens is 212 g/mol. The summed E-state index contributed by atoms with van der Waals surface area (Å²) in [4.78, 5) is 12.2. The lowest BCUT2D eigenvalue weighted by molar-refractivity contribution is 0.0938. The molecule has 0 spiro atoms. The number of anilines is 1. The summed E-state index contributed by atoms with van der Waals surface area (Å²) in [6, 6.07) is 6.28. The smallest absolute Gasteiger partial charge is 0.253 e. The molecule has 1 aromatic rings. The predicted octanol–water partition coefficient (Wildman–Crippen LogP) is 2.71. The molecule has 3 heteroatoms. The quantitative estimate of drug-likeness (QED) is 0.841. The molecule has 0 saturated heterocycles. The molecule has 2 N–H and O–H groups in total. The van der Waals surface area contributed by atoms with Gasteiger partial charge in [-0.25, -0.2) is 0 Å². The van der Waals surface area contributed by atoms with Gasteiger partial charge in [0.15, 0.2) is 0 Å². The van der Waals surface area contributed by atoms with Gasteiger partial charge in [-0.1, -0.05) is 24.5 Å². The first-order valence-electron chi connectivity index (χ1n) is 6.30. The van der Waals surface area contributed by atoms with E-state index in [1.165, 1.54) is 12.8 Å². The zero-order valence-electron chi connectivity index (χ0n) is 10.5. The molecule has 0 bridgehead atoms. The van der Waals surface area contributed by atoms with Crippen LogP contribution in [0.5, 0.6) is 0 Å². The molecule has 1 aliphatic rings. The Hall–Kier alpha value is -1.51.